The maximum atomic E-state index is 13.8. The van der Waals surface area contributed by atoms with Gasteiger partial charge >= 0.3 is 0 Å². The van der Waals surface area contributed by atoms with Crippen molar-refractivity contribution in [2.45, 2.75) is 62.3 Å². The Morgan fingerprint density at radius 1 is 0.976 bits per heavy atom. The van der Waals surface area contributed by atoms with Gasteiger partial charge in [0.15, 0.2) is 4.90 Å². The Morgan fingerprint density at radius 3 is 2.29 bits per heavy atom. The molecule has 0 aliphatic carbocycles. The molecule has 8 nitrogen and oxygen atoms in total. The second-order valence-electron chi connectivity index (χ2n) is 9.79. The van der Waals surface area contributed by atoms with Gasteiger partial charge in [-0.2, -0.15) is 15.5 Å². The summed E-state index contributed by atoms with van der Waals surface area (Å²) < 4.78 is 29.1. The highest BCUT2D eigenvalue weighted by molar-refractivity contribution is 7.91. The maximum absolute atomic E-state index is 13.8. The summed E-state index contributed by atoms with van der Waals surface area (Å²) in [5, 5.41) is 30.2. The summed E-state index contributed by atoms with van der Waals surface area (Å²) in [6, 6.07) is 21.8. The van der Waals surface area contributed by atoms with E-state index in [4.69, 9.17) is 0 Å². The van der Waals surface area contributed by atoms with Crippen LogP contribution >= 0.6 is 0 Å². The molecule has 0 amide bonds. The Labute approximate surface area is 239 Å². The van der Waals surface area contributed by atoms with Crippen LogP contribution in [0.5, 0.6) is 5.88 Å². The van der Waals surface area contributed by atoms with E-state index in [1.165, 1.54) is 16.7 Å². The molecule has 0 saturated heterocycles. The number of aryl methyl sites for hydroxylation is 2. The molecule has 1 aromatic heterocycles. The average Bonchev–Trinajstić information content (AvgIpc) is 2.98. The molecule has 1 atom stereocenters. The normalized spacial score (nSPS) is 11.9. The molecule has 0 radical (unpaired) electrons. The van der Waals surface area contributed by atoms with Crippen LogP contribution in [0.3, 0.4) is 0 Å². The fraction of sp³-hybridized carbons (Fsp3) is 0.250. The van der Waals surface area contributed by atoms with Crippen molar-refractivity contribution in [3.63, 3.8) is 0 Å². The summed E-state index contributed by atoms with van der Waals surface area (Å²) in [5.41, 5.74) is 2.97. The summed E-state index contributed by atoms with van der Waals surface area (Å²) >= 11 is 0. The molecule has 4 aromatic rings. The maximum Gasteiger partial charge on any atom is 0.296 e. The molecule has 0 fully saturated rings. The molecule has 0 aliphatic rings. The van der Waals surface area contributed by atoms with E-state index in [9.17, 15) is 28.8 Å². The van der Waals surface area contributed by atoms with Crippen molar-refractivity contribution in [3.05, 3.63) is 105 Å². The minimum atomic E-state index is -4.47. The van der Waals surface area contributed by atoms with Gasteiger partial charge in [0.1, 0.15) is 5.82 Å². The van der Waals surface area contributed by atoms with Crippen LogP contribution in [0.1, 0.15) is 67.2 Å². The zero-order valence-electron chi connectivity index (χ0n) is 23.1. The molecule has 0 spiro atoms. The van der Waals surface area contributed by atoms with Crippen LogP contribution in [0, 0.1) is 29.6 Å². The number of sulfone groups is 1. The summed E-state index contributed by atoms with van der Waals surface area (Å²) in [6.45, 7) is 5.75. The zero-order chi connectivity index (χ0) is 29.7. The van der Waals surface area contributed by atoms with Gasteiger partial charge < -0.3 is 5.11 Å². The van der Waals surface area contributed by atoms with Crippen LogP contribution in [-0.4, -0.2) is 23.1 Å². The monoisotopic (exact) mass is 566 g/mol. The number of nitriles is 2. The highest BCUT2D eigenvalue weighted by Crippen LogP contribution is 2.34. The van der Waals surface area contributed by atoms with Crippen molar-refractivity contribution >= 4 is 9.84 Å². The van der Waals surface area contributed by atoms with Crippen LogP contribution in [0.15, 0.2) is 81.3 Å². The van der Waals surface area contributed by atoms with Gasteiger partial charge in [-0.25, -0.2) is 8.42 Å². The topological polar surface area (TPSA) is 137 Å². The molecule has 4 rings (SSSR count). The van der Waals surface area contributed by atoms with E-state index in [1.54, 1.807) is 48.5 Å². The Balaban J connectivity index is 1.87. The first-order chi connectivity index (χ1) is 19.7. The van der Waals surface area contributed by atoms with Crippen LogP contribution in [0.25, 0.3) is 11.1 Å². The van der Waals surface area contributed by atoms with Gasteiger partial charge in [-0.15, -0.1) is 0 Å². The van der Waals surface area contributed by atoms with Gasteiger partial charge in [-0.1, -0.05) is 50.6 Å². The smallest absolute Gasteiger partial charge is 0.296 e. The quantitative estimate of drug-likeness (QED) is 0.269. The summed E-state index contributed by atoms with van der Waals surface area (Å²) in [4.78, 5) is 16.4. The Bertz CT molecular complexity index is 1850. The van der Waals surface area contributed by atoms with Gasteiger partial charge in [0.25, 0.3) is 5.56 Å². The number of rotatable bonds is 9. The minimum absolute atomic E-state index is 0.170. The van der Waals surface area contributed by atoms with Gasteiger partial charge in [0, 0.05) is 6.42 Å². The van der Waals surface area contributed by atoms with Gasteiger partial charge in [0.2, 0.25) is 15.7 Å². The second-order valence-corrected chi connectivity index (χ2v) is 11.7. The van der Waals surface area contributed by atoms with E-state index >= 15 is 0 Å². The predicted octanol–water partition coefficient (Wildman–Crippen LogP) is 5.84. The van der Waals surface area contributed by atoms with Crippen LogP contribution in [-0.2, 0) is 16.3 Å². The SMILES string of the molecule is CCCCc1nc(=O)c(S(=O)(=O)c2ccc(-c3cc(C#N)ccc3C)cc2)c(O)n1C(CC)c1cccc(C#N)c1. The van der Waals surface area contributed by atoms with E-state index in [1.807, 2.05) is 26.8 Å². The molecule has 0 saturated carbocycles. The Morgan fingerprint density at radius 2 is 1.66 bits per heavy atom. The van der Waals surface area contributed by atoms with Gasteiger partial charge in [0.05, 0.1) is 34.2 Å². The van der Waals surface area contributed by atoms with Gasteiger partial charge in [-0.3, -0.25) is 9.36 Å². The number of nitrogens with zero attached hydrogens (tertiary/aromatic N) is 4. The third-order valence-electron chi connectivity index (χ3n) is 7.10. The van der Waals surface area contributed by atoms with E-state index in [-0.39, 0.29) is 10.7 Å². The molecule has 9 heteroatoms. The van der Waals surface area contributed by atoms with Crippen LogP contribution < -0.4 is 5.56 Å². The molecular weight excluding hydrogens is 536 g/mol. The zero-order valence-corrected chi connectivity index (χ0v) is 23.9. The van der Waals surface area contributed by atoms with Crippen molar-refractivity contribution in [1.82, 2.24) is 9.55 Å². The van der Waals surface area contributed by atoms with Crippen molar-refractivity contribution in [3.8, 4) is 29.1 Å². The fourth-order valence-electron chi connectivity index (χ4n) is 4.94. The van der Waals surface area contributed by atoms with Crippen molar-refractivity contribution < 1.29 is 13.5 Å². The van der Waals surface area contributed by atoms with Crippen molar-refractivity contribution in [1.29, 1.82) is 10.5 Å². The average molecular weight is 567 g/mol. The lowest BCUT2D eigenvalue weighted by molar-refractivity contribution is 0.358. The number of aromatic nitrogens is 2. The first-order valence-electron chi connectivity index (χ1n) is 13.4. The summed E-state index contributed by atoms with van der Waals surface area (Å²) in [5.74, 6) is -0.391. The highest BCUT2D eigenvalue weighted by Gasteiger charge is 2.32. The summed E-state index contributed by atoms with van der Waals surface area (Å²) in [7, 11) is -4.47. The first kappa shape index (κ1) is 29.3. The molecule has 1 heterocycles. The molecule has 0 aliphatic heterocycles. The van der Waals surface area contributed by atoms with Crippen LogP contribution in [0.4, 0.5) is 0 Å². The van der Waals surface area contributed by atoms with E-state index in [0.717, 1.165) is 17.5 Å². The lowest BCUT2D eigenvalue weighted by Crippen LogP contribution is -2.27. The van der Waals surface area contributed by atoms with Crippen molar-refractivity contribution in [2.75, 3.05) is 0 Å². The number of unbranched alkanes of at least 4 members (excludes halogenated alkanes) is 1. The lowest BCUT2D eigenvalue weighted by Gasteiger charge is -2.25. The van der Waals surface area contributed by atoms with Crippen molar-refractivity contribution in [2.24, 2.45) is 0 Å². The minimum Gasteiger partial charge on any atom is -0.493 e. The van der Waals surface area contributed by atoms with E-state index in [2.05, 4.69) is 17.1 Å². The van der Waals surface area contributed by atoms with E-state index < -0.39 is 32.2 Å². The number of benzene rings is 3. The molecular formula is C32H30N4O4S. The molecule has 208 valence electrons. The van der Waals surface area contributed by atoms with E-state index in [0.29, 0.717) is 41.5 Å². The molecule has 41 heavy (non-hydrogen) atoms. The largest absolute Gasteiger partial charge is 0.493 e. The predicted molar refractivity (Wildman–Crippen MR) is 155 cm³/mol. The molecule has 0 bridgehead atoms. The Kier molecular flexibility index (Phi) is 8.71. The number of aromatic hydroxyl groups is 1. The standard InChI is InChI=1S/C32H30N4O4S/c1-4-6-10-29-35-31(37)30(32(38)36(29)28(5-2)25-9-7-8-22(17-25)19-33)41(39,40)26-15-13-24(14-16-26)27-18-23(20-34)12-11-21(27)3/h7-9,11-18,28,38H,4-6,10H2,1-3H3. The second kappa shape index (κ2) is 12.2. The Hall–Kier alpha value is -4.73. The number of hydrogen-bond acceptors (Lipinski definition) is 7. The summed E-state index contributed by atoms with van der Waals surface area (Å²) in [6.07, 6.45) is 2.30. The third kappa shape index (κ3) is 5.77. The molecule has 1 N–H and O–H groups in total. The number of hydrogen-bond donors (Lipinski definition) is 1. The lowest BCUT2D eigenvalue weighted by atomic mass is 9.98. The first-order valence-corrected chi connectivity index (χ1v) is 14.8. The highest BCUT2D eigenvalue weighted by atomic mass is 32.2. The van der Waals surface area contributed by atoms with Crippen LogP contribution in [0.2, 0.25) is 0 Å². The van der Waals surface area contributed by atoms with Gasteiger partial charge in [-0.05, 0) is 78.4 Å². The molecule has 3 aromatic carbocycles. The fourth-order valence-corrected chi connectivity index (χ4v) is 6.28. The molecule has 1 unspecified atom stereocenters. The third-order valence-corrected chi connectivity index (χ3v) is 8.89.